The summed E-state index contributed by atoms with van der Waals surface area (Å²) in [7, 11) is 0. The molecule has 0 saturated carbocycles. The maximum atomic E-state index is 4.46. The Morgan fingerprint density at radius 2 is 2.23 bits per heavy atom. The van der Waals surface area contributed by atoms with Crippen molar-refractivity contribution in [1.82, 2.24) is 4.98 Å². The molecule has 3 heteroatoms. The number of aromatic nitrogens is 1. The molecule has 2 nitrogen and oxygen atoms in total. The van der Waals surface area contributed by atoms with E-state index < -0.39 is 0 Å². The number of benzene rings is 1. The molecule has 2 rings (SSSR count). The van der Waals surface area contributed by atoms with E-state index in [0.717, 1.165) is 23.6 Å². The lowest BCUT2D eigenvalue weighted by Gasteiger charge is -1.95. The van der Waals surface area contributed by atoms with Gasteiger partial charge in [0.25, 0.3) is 0 Å². The predicted octanol–water partition coefficient (Wildman–Crippen LogP) is 3.12. The molecule has 0 saturated heterocycles. The van der Waals surface area contributed by atoms with Gasteiger partial charge in [-0.05, 0) is 18.6 Å². The summed E-state index contributed by atoms with van der Waals surface area (Å²) in [5, 5.41) is 4.32. The summed E-state index contributed by atoms with van der Waals surface area (Å²) in [5.41, 5.74) is 1.09. The van der Waals surface area contributed by atoms with Gasteiger partial charge in [-0.3, -0.25) is 0 Å². The highest BCUT2D eigenvalue weighted by molar-refractivity contribution is 7.22. The van der Waals surface area contributed by atoms with E-state index in [4.69, 9.17) is 0 Å². The van der Waals surface area contributed by atoms with Crippen LogP contribution in [0.15, 0.2) is 24.3 Å². The fourth-order valence-corrected chi connectivity index (χ4v) is 2.07. The molecule has 0 spiro atoms. The van der Waals surface area contributed by atoms with E-state index in [2.05, 4.69) is 23.3 Å². The minimum atomic E-state index is 1.000. The van der Waals surface area contributed by atoms with Crippen molar-refractivity contribution in [2.24, 2.45) is 0 Å². The van der Waals surface area contributed by atoms with Crippen LogP contribution in [0, 0.1) is 0 Å². The molecule has 1 N–H and O–H groups in total. The number of hydrogen-bond acceptors (Lipinski definition) is 3. The lowest BCUT2D eigenvalue weighted by Crippen LogP contribution is -1.98. The van der Waals surface area contributed by atoms with Crippen LogP contribution in [0.25, 0.3) is 10.2 Å². The minimum absolute atomic E-state index is 1.000. The van der Waals surface area contributed by atoms with Crippen molar-refractivity contribution in [3.8, 4) is 0 Å². The Balaban J connectivity index is 2.28. The molecule has 0 fully saturated rings. The zero-order chi connectivity index (χ0) is 9.10. The summed E-state index contributed by atoms with van der Waals surface area (Å²) >= 11 is 1.72. The highest BCUT2D eigenvalue weighted by atomic mass is 32.1. The molecule has 1 aromatic carbocycles. The first kappa shape index (κ1) is 8.51. The van der Waals surface area contributed by atoms with E-state index in [1.807, 2.05) is 18.2 Å². The van der Waals surface area contributed by atoms with E-state index in [9.17, 15) is 0 Å². The fraction of sp³-hybridized carbons (Fsp3) is 0.300. The first-order chi connectivity index (χ1) is 6.40. The van der Waals surface area contributed by atoms with E-state index in [1.54, 1.807) is 11.3 Å². The summed E-state index contributed by atoms with van der Waals surface area (Å²) in [5.74, 6) is 0. The molecule has 0 aliphatic carbocycles. The Hall–Kier alpha value is -1.09. The molecule has 2 aromatic rings. The number of fused-ring (bicyclic) bond motifs is 1. The van der Waals surface area contributed by atoms with Crippen LogP contribution in [0.3, 0.4) is 0 Å². The van der Waals surface area contributed by atoms with Crippen LogP contribution in [-0.4, -0.2) is 11.5 Å². The summed E-state index contributed by atoms with van der Waals surface area (Å²) in [6, 6.07) is 8.21. The predicted molar refractivity (Wildman–Crippen MR) is 58.4 cm³/mol. The van der Waals surface area contributed by atoms with Crippen molar-refractivity contribution >= 4 is 26.7 Å². The van der Waals surface area contributed by atoms with Crippen molar-refractivity contribution in [3.05, 3.63) is 24.3 Å². The van der Waals surface area contributed by atoms with E-state index in [1.165, 1.54) is 4.70 Å². The Labute approximate surface area is 81.6 Å². The highest BCUT2D eigenvalue weighted by Gasteiger charge is 2.00. The number of thiazole rings is 1. The molecule has 1 heterocycles. The van der Waals surface area contributed by atoms with Gasteiger partial charge in [-0.2, -0.15) is 0 Å². The number of anilines is 1. The quantitative estimate of drug-likeness (QED) is 0.808. The van der Waals surface area contributed by atoms with Gasteiger partial charge in [0.15, 0.2) is 5.13 Å². The molecule has 0 radical (unpaired) electrons. The van der Waals surface area contributed by atoms with Crippen LogP contribution < -0.4 is 5.32 Å². The van der Waals surface area contributed by atoms with Crippen LogP contribution in [0.1, 0.15) is 13.3 Å². The van der Waals surface area contributed by atoms with Gasteiger partial charge < -0.3 is 5.32 Å². The SMILES string of the molecule is CCCNc1nc2ccccc2s1. The summed E-state index contributed by atoms with van der Waals surface area (Å²) in [6.07, 6.45) is 1.13. The van der Waals surface area contributed by atoms with E-state index >= 15 is 0 Å². The zero-order valence-corrected chi connectivity index (χ0v) is 8.40. The Morgan fingerprint density at radius 1 is 1.38 bits per heavy atom. The van der Waals surface area contributed by atoms with Gasteiger partial charge in [-0.15, -0.1) is 0 Å². The molecule has 13 heavy (non-hydrogen) atoms. The molecule has 68 valence electrons. The molecule has 0 amide bonds. The van der Waals surface area contributed by atoms with Gasteiger partial charge in [-0.1, -0.05) is 30.4 Å². The zero-order valence-electron chi connectivity index (χ0n) is 7.58. The molecule has 0 aliphatic heterocycles. The first-order valence-corrected chi connectivity index (χ1v) is 5.31. The second kappa shape index (κ2) is 3.75. The standard InChI is InChI=1S/C10H12N2S/c1-2-7-11-10-12-8-5-3-4-6-9(8)13-10/h3-6H,2,7H2,1H3,(H,11,12). The number of rotatable bonds is 3. The summed E-state index contributed by atoms with van der Waals surface area (Å²) < 4.78 is 1.25. The van der Waals surface area contributed by atoms with Gasteiger partial charge in [-0.25, -0.2) is 4.98 Å². The third-order valence-corrected chi connectivity index (χ3v) is 2.81. The second-order valence-electron chi connectivity index (χ2n) is 2.91. The topological polar surface area (TPSA) is 24.9 Å². The van der Waals surface area contributed by atoms with Gasteiger partial charge >= 0.3 is 0 Å². The van der Waals surface area contributed by atoms with Gasteiger partial charge in [0.05, 0.1) is 10.2 Å². The highest BCUT2D eigenvalue weighted by Crippen LogP contribution is 2.24. The minimum Gasteiger partial charge on any atom is -0.361 e. The van der Waals surface area contributed by atoms with Crippen LogP contribution >= 0.6 is 11.3 Å². The number of para-hydroxylation sites is 1. The number of hydrogen-bond donors (Lipinski definition) is 1. The molecule has 0 aliphatic rings. The largest absolute Gasteiger partial charge is 0.361 e. The first-order valence-electron chi connectivity index (χ1n) is 4.49. The smallest absolute Gasteiger partial charge is 0.183 e. The molecule has 0 unspecified atom stereocenters. The van der Waals surface area contributed by atoms with Gasteiger partial charge in [0.2, 0.25) is 0 Å². The average molecular weight is 192 g/mol. The molecule has 1 aromatic heterocycles. The normalized spacial score (nSPS) is 10.5. The van der Waals surface area contributed by atoms with Crippen molar-refractivity contribution in [3.63, 3.8) is 0 Å². The van der Waals surface area contributed by atoms with Crippen LogP contribution in [-0.2, 0) is 0 Å². The second-order valence-corrected chi connectivity index (χ2v) is 3.94. The number of nitrogens with zero attached hydrogens (tertiary/aromatic N) is 1. The number of nitrogens with one attached hydrogen (secondary N) is 1. The maximum Gasteiger partial charge on any atom is 0.183 e. The van der Waals surface area contributed by atoms with E-state index in [-0.39, 0.29) is 0 Å². The van der Waals surface area contributed by atoms with Crippen LogP contribution in [0.4, 0.5) is 5.13 Å². The van der Waals surface area contributed by atoms with Crippen LogP contribution in [0.5, 0.6) is 0 Å². The lowest BCUT2D eigenvalue weighted by atomic mass is 10.3. The average Bonchev–Trinajstić information content (AvgIpc) is 2.57. The molecular weight excluding hydrogens is 180 g/mol. The van der Waals surface area contributed by atoms with Crippen molar-refractivity contribution in [2.75, 3.05) is 11.9 Å². The lowest BCUT2D eigenvalue weighted by molar-refractivity contribution is 0.977. The summed E-state index contributed by atoms with van der Waals surface area (Å²) in [6.45, 7) is 3.15. The summed E-state index contributed by atoms with van der Waals surface area (Å²) in [4.78, 5) is 4.46. The Bertz CT molecular complexity index is 361. The fourth-order valence-electron chi connectivity index (χ4n) is 1.18. The monoisotopic (exact) mass is 192 g/mol. The third kappa shape index (κ3) is 1.80. The van der Waals surface area contributed by atoms with Gasteiger partial charge in [0.1, 0.15) is 0 Å². The van der Waals surface area contributed by atoms with Crippen molar-refractivity contribution in [2.45, 2.75) is 13.3 Å². The Morgan fingerprint density at radius 3 is 3.00 bits per heavy atom. The molecule has 0 atom stereocenters. The molecular formula is C10H12N2S. The molecule has 0 bridgehead atoms. The van der Waals surface area contributed by atoms with Crippen molar-refractivity contribution < 1.29 is 0 Å². The Kier molecular flexibility index (Phi) is 2.45. The van der Waals surface area contributed by atoms with Gasteiger partial charge in [0, 0.05) is 6.54 Å². The van der Waals surface area contributed by atoms with E-state index in [0.29, 0.717) is 0 Å². The van der Waals surface area contributed by atoms with Crippen LogP contribution in [0.2, 0.25) is 0 Å². The third-order valence-electron chi connectivity index (χ3n) is 1.82. The maximum absolute atomic E-state index is 4.46. The van der Waals surface area contributed by atoms with Crippen molar-refractivity contribution in [1.29, 1.82) is 0 Å².